The first kappa shape index (κ1) is 12.7. The molecule has 1 rings (SSSR count). The van der Waals surface area contributed by atoms with E-state index in [-0.39, 0.29) is 5.56 Å². The van der Waals surface area contributed by atoms with Gasteiger partial charge in [-0.3, -0.25) is 4.79 Å². The summed E-state index contributed by atoms with van der Waals surface area (Å²) in [6, 6.07) is 4.13. The van der Waals surface area contributed by atoms with E-state index in [1.54, 1.807) is 0 Å². The van der Waals surface area contributed by atoms with Crippen LogP contribution in [0.2, 0.25) is 0 Å². The highest BCUT2D eigenvalue weighted by atomic mass is 16.4. The SMILES string of the molecule is CC(=O)C(Nc1ccc(C(=O)O)cc1)C(=O)O. The summed E-state index contributed by atoms with van der Waals surface area (Å²) in [4.78, 5) is 32.4. The first-order valence-electron chi connectivity index (χ1n) is 4.75. The number of hydrogen-bond acceptors (Lipinski definition) is 4. The molecule has 0 aromatic heterocycles. The van der Waals surface area contributed by atoms with Crippen molar-refractivity contribution in [2.75, 3.05) is 5.32 Å². The van der Waals surface area contributed by atoms with Crippen molar-refractivity contribution in [3.8, 4) is 0 Å². The summed E-state index contributed by atoms with van der Waals surface area (Å²) in [6.45, 7) is 1.16. The minimum atomic E-state index is -1.33. The maximum Gasteiger partial charge on any atom is 0.335 e. The van der Waals surface area contributed by atoms with Crippen molar-refractivity contribution in [1.29, 1.82) is 0 Å². The number of carbonyl (C=O) groups is 3. The Morgan fingerprint density at radius 1 is 1.12 bits per heavy atom. The molecular formula is C11H11NO5. The third-order valence-corrected chi connectivity index (χ3v) is 2.10. The third-order valence-electron chi connectivity index (χ3n) is 2.10. The van der Waals surface area contributed by atoms with Crippen LogP contribution in [-0.2, 0) is 9.59 Å². The third kappa shape index (κ3) is 3.30. The first-order chi connectivity index (χ1) is 7.91. The Morgan fingerprint density at radius 3 is 2.00 bits per heavy atom. The predicted octanol–water partition coefficient (Wildman–Crippen LogP) is 0.839. The summed E-state index contributed by atoms with van der Waals surface area (Å²) in [6.07, 6.45) is 0. The molecular weight excluding hydrogens is 226 g/mol. The van der Waals surface area contributed by atoms with Gasteiger partial charge in [-0.05, 0) is 31.2 Å². The molecule has 17 heavy (non-hydrogen) atoms. The fraction of sp³-hybridized carbons (Fsp3) is 0.182. The molecule has 0 saturated carbocycles. The number of hydrogen-bond donors (Lipinski definition) is 3. The molecule has 1 aromatic rings. The molecule has 0 saturated heterocycles. The number of carboxylic acid groups (broad SMARTS) is 2. The number of carbonyl (C=O) groups excluding carboxylic acids is 1. The Labute approximate surface area is 96.9 Å². The second-order valence-electron chi connectivity index (χ2n) is 3.41. The lowest BCUT2D eigenvalue weighted by Crippen LogP contribution is -2.35. The summed E-state index contributed by atoms with van der Waals surface area (Å²) in [7, 11) is 0. The van der Waals surface area contributed by atoms with Crippen LogP contribution in [0, 0.1) is 0 Å². The minimum absolute atomic E-state index is 0.0882. The number of nitrogens with one attached hydrogen (secondary N) is 1. The van der Waals surface area contributed by atoms with Crippen molar-refractivity contribution in [3.63, 3.8) is 0 Å². The number of carboxylic acids is 2. The first-order valence-corrected chi connectivity index (χ1v) is 4.75. The van der Waals surface area contributed by atoms with Crippen molar-refractivity contribution in [2.45, 2.75) is 13.0 Å². The van der Waals surface area contributed by atoms with E-state index in [9.17, 15) is 14.4 Å². The average molecular weight is 237 g/mol. The highest BCUT2D eigenvalue weighted by Gasteiger charge is 2.21. The second kappa shape index (κ2) is 5.11. The molecule has 0 heterocycles. The van der Waals surface area contributed by atoms with E-state index in [0.717, 1.165) is 6.92 Å². The molecule has 1 aromatic carbocycles. The van der Waals surface area contributed by atoms with E-state index in [0.29, 0.717) is 5.69 Å². The van der Waals surface area contributed by atoms with E-state index in [4.69, 9.17) is 10.2 Å². The molecule has 3 N–H and O–H groups in total. The van der Waals surface area contributed by atoms with E-state index < -0.39 is 23.8 Å². The van der Waals surface area contributed by atoms with Crippen molar-refractivity contribution < 1.29 is 24.6 Å². The van der Waals surface area contributed by atoms with Gasteiger partial charge in [-0.15, -0.1) is 0 Å². The molecule has 0 amide bonds. The van der Waals surface area contributed by atoms with Crippen LogP contribution >= 0.6 is 0 Å². The molecule has 1 atom stereocenters. The Kier molecular flexibility index (Phi) is 3.82. The standard InChI is InChI=1S/C11H11NO5/c1-6(13)9(11(16)17)12-8-4-2-7(3-5-8)10(14)15/h2-5,9,12H,1H3,(H,14,15)(H,16,17). The largest absolute Gasteiger partial charge is 0.479 e. The lowest BCUT2D eigenvalue weighted by atomic mass is 10.1. The quantitative estimate of drug-likeness (QED) is 0.655. The summed E-state index contributed by atoms with van der Waals surface area (Å²) in [5.74, 6) is -2.88. The number of Topliss-reactive ketones (excluding diaryl/α,β-unsaturated/α-hetero) is 1. The highest BCUT2D eigenvalue weighted by molar-refractivity contribution is 6.03. The predicted molar refractivity (Wildman–Crippen MR) is 59.1 cm³/mol. The molecule has 0 fully saturated rings. The van der Waals surface area contributed by atoms with E-state index >= 15 is 0 Å². The van der Waals surface area contributed by atoms with Gasteiger partial charge in [0.1, 0.15) is 0 Å². The molecule has 1 unspecified atom stereocenters. The van der Waals surface area contributed by atoms with Crippen LogP contribution in [0.1, 0.15) is 17.3 Å². The fourth-order valence-electron chi connectivity index (χ4n) is 1.21. The maximum absolute atomic E-state index is 11.0. The van der Waals surface area contributed by atoms with Crippen molar-refractivity contribution >= 4 is 23.4 Å². The van der Waals surface area contributed by atoms with E-state index in [2.05, 4.69) is 5.32 Å². The Balaban J connectivity index is 2.84. The summed E-state index contributed by atoms with van der Waals surface area (Å²) >= 11 is 0. The lowest BCUT2D eigenvalue weighted by molar-refractivity contribution is -0.140. The van der Waals surface area contributed by atoms with Gasteiger partial charge in [0.15, 0.2) is 11.8 Å². The van der Waals surface area contributed by atoms with Crippen LogP contribution in [0.25, 0.3) is 0 Å². The minimum Gasteiger partial charge on any atom is -0.479 e. The van der Waals surface area contributed by atoms with Gasteiger partial charge in [0.2, 0.25) is 0 Å². The number of rotatable bonds is 5. The molecule has 0 spiro atoms. The smallest absolute Gasteiger partial charge is 0.335 e. The van der Waals surface area contributed by atoms with Crippen LogP contribution in [0.5, 0.6) is 0 Å². The number of ketones is 1. The number of benzene rings is 1. The molecule has 0 radical (unpaired) electrons. The normalized spacial score (nSPS) is 11.6. The topological polar surface area (TPSA) is 104 Å². The molecule has 0 aliphatic rings. The van der Waals surface area contributed by atoms with Crippen LogP contribution in [0.3, 0.4) is 0 Å². The van der Waals surface area contributed by atoms with Crippen LogP contribution in [-0.4, -0.2) is 34.0 Å². The van der Waals surface area contributed by atoms with Gasteiger partial charge in [-0.25, -0.2) is 9.59 Å². The van der Waals surface area contributed by atoms with Gasteiger partial charge >= 0.3 is 11.9 Å². The van der Waals surface area contributed by atoms with Gasteiger partial charge in [-0.2, -0.15) is 0 Å². The van der Waals surface area contributed by atoms with E-state index in [1.165, 1.54) is 24.3 Å². The lowest BCUT2D eigenvalue weighted by Gasteiger charge is -2.12. The molecule has 6 heteroatoms. The molecule has 90 valence electrons. The summed E-state index contributed by atoms with van der Waals surface area (Å²) in [5.41, 5.74) is 0.461. The fourth-order valence-corrected chi connectivity index (χ4v) is 1.21. The van der Waals surface area contributed by atoms with Crippen LogP contribution < -0.4 is 5.32 Å². The summed E-state index contributed by atoms with van der Waals surface area (Å²) < 4.78 is 0. The van der Waals surface area contributed by atoms with Gasteiger partial charge in [0.05, 0.1) is 5.56 Å². The van der Waals surface area contributed by atoms with Crippen LogP contribution in [0.4, 0.5) is 5.69 Å². The monoisotopic (exact) mass is 237 g/mol. The van der Waals surface area contributed by atoms with Gasteiger partial charge in [-0.1, -0.05) is 0 Å². The molecule has 0 bridgehead atoms. The van der Waals surface area contributed by atoms with Gasteiger partial charge in [0, 0.05) is 5.69 Å². The Morgan fingerprint density at radius 2 is 1.65 bits per heavy atom. The number of anilines is 1. The highest BCUT2D eigenvalue weighted by Crippen LogP contribution is 2.11. The zero-order valence-electron chi connectivity index (χ0n) is 9.01. The number of aromatic carboxylic acids is 1. The molecule has 6 nitrogen and oxygen atoms in total. The van der Waals surface area contributed by atoms with Gasteiger partial charge < -0.3 is 15.5 Å². The zero-order valence-corrected chi connectivity index (χ0v) is 9.01. The number of aliphatic carboxylic acids is 1. The van der Waals surface area contributed by atoms with Crippen molar-refractivity contribution in [3.05, 3.63) is 29.8 Å². The Hall–Kier alpha value is -2.37. The Bertz CT molecular complexity index is 437. The average Bonchev–Trinajstić information content (AvgIpc) is 2.25. The molecule has 0 aliphatic carbocycles. The molecule has 0 aliphatic heterocycles. The van der Waals surface area contributed by atoms with Crippen molar-refractivity contribution in [1.82, 2.24) is 0 Å². The summed E-state index contributed by atoms with van der Waals surface area (Å²) in [5, 5.41) is 19.9. The van der Waals surface area contributed by atoms with Gasteiger partial charge in [0.25, 0.3) is 0 Å². The van der Waals surface area contributed by atoms with E-state index in [1.807, 2.05) is 0 Å². The second-order valence-corrected chi connectivity index (χ2v) is 3.41. The van der Waals surface area contributed by atoms with Crippen LogP contribution in [0.15, 0.2) is 24.3 Å². The maximum atomic E-state index is 11.0. The zero-order chi connectivity index (χ0) is 13.0. The van der Waals surface area contributed by atoms with Crippen molar-refractivity contribution in [2.24, 2.45) is 0 Å².